The normalized spacial score (nSPS) is 17.6. The van der Waals surface area contributed by atoms with Gasteiger partial charge in [-0.2, -0.15) is 0 Å². The number of benzene rings is 2. The zero-order chi connectivity index (χ0) is 28.4. The highest BCUT2D eigenvalue weighted by atomic mass is 79.9. The number of nitrogens with zero attached hydrogens (tertiary/aromatic N) is 1. The highest BCUT2D eigenvalue weighted by Crippen LogP contribution is 2.62. The molecule has 1 saturated heterocycles. The molecule has 1 heterocycles. The van der Waals surface area contributed by atoms with E-state index in [1.807, 2.05) is 39.3 Å². The number of carbonyl (C=O) groups excluding carboxylic acids is 1. The number of rotatable bonds is 8. The lowest BCUT2D eigenvalue weighted by molar-refractivity contribution is -0.274. The maximum atomic E-state index is 14.0. The van der Waals surface area contributed by atoms with Gasteiger partial charge in [0.15, 0.2) is 0 Å². The summed E-state index contributed by atoms with van der Waals surface area (Å²) in [5, 5.41) is 2.51. The van der Waals surface area contributed by atoms with Crippen molar-refractivity contribution in [3.05, 3.63) is 54.1 Å². The van der Waals surface area contributed by atoms with Gasteiger partial charge in [0.25, 0.3) is 13.4 Å². The molecule has 210 valence electrons. The molecule has 0 saturated carbocycles. The second kappa shape index (κ2) is 11.7. The Bertz CT molecular complexity index is 1150. The van der Waals surface area contributed by atoms with E-state index >= 15 is 0 Å². The van der Waals surface area contributed by atoms with Crippen LogP contribution in [0.25, 0.3) is 11.1 Å². The summed E-state index contributed by atoms with van der Waals surface area (Å²) in [6, 6.07) is 12.3. The van der Waals surface area contributed by atoms with Gasteiger partial charge in [0, 0.05) is 29.0 Å². The first-order chi connectivity index (χ1) is 17.5. The Kier molecular flexibility index (Phi) is 9.45. The average Bonchev–Trinajstić information content (AvgIpc) is 2.81. The second-order valence-electron chi connectivity index (χ2n) is 11.0. The molecule has 38 heavy (non-hydrogen) atoms. The van der Waals surface area contributed by atoms with Gasteiger partial charge in [0.05, 0.1) is 11.8 Å². The van der Waals surface area contributed by atoms with Crippen molar-refractivity contribution in [1.29, 1.82) is 0 Å². The summed E-state index contributed by atoms with van der Waals surface area (Å²) >= 11 is 3.56. The van der Waals surface area contributed by atoms with Gasteiger partial charge in [0.1, 0.15) is 5.75 Å². The first-order valence-electron chi connectivity index (χ1n) is 12.4. The topological polar surface area (TPSA) is 67.9 Å². The van der Waals surface area contributed by atoms with Gasteiger partial charge in [-0.3, -0.25) is 9.36 Å². The van der Waals surface area contributed by atoms with Crippen LogP contribution in [0.5, 0.6) is 5.75 Å². The lowest BCUT2D eigenvalue weighted by atomic mass is 10.0. The maximum absolute atomic E-state index is 14.0. The van der Waals surface area contributed by atoms with Crippen molar-refractivity contribution in [2.75, 3.05) is 19.7 Å². The van der Waals surface area contributed by atoms with Crippen LogP contribution in [0.3, 0.4) is 0 Å². The number of ether oxygens (including phenoxy) is 1. The van der Waals surface area contributed by atoms with E-state index in [0.29, 0.717) is 49.2 Å². The fraction of sp³-hybridized carbons (Fsp3) is 0.519. The SMILES string of the molecule is CC(C)(Br)COP(=O)(N1CCC(NC(=O)c2cccc(-c3ccc(OC(F)(F)F)cc3)c2)CC1)C(C)(C)C. The molecule has 1 fully saturated rings. The molecule has 1 amide bonds. The van der Waals surface area contributed by atoms with E-state index in [0.717, 1.165) is 0 Å². The highest BCUT2D eigenvalue weighted by Gasteiger charge is 2.45. The Morgan fingerprint density at radius 3 is 2.16 bits per heavy atom. The van der Waals surface area contributed by atoms with Gasteiger partial charge >= 0.3 is 6.36 Å². The molecular formula is C27H35BrF3N2O4P. The second-order valence-corrected chi connectivity index (χ2v) is 16.4. The summed E-state index contributed by atoms with van der Waals surface area (Å²) in [5.41, 5.74) is 1.81. The molecule has 3 rings (SSSR count). The summed E-state index contributed by atoms with van der Waals surface area (Å²) in [4.78, 5) is 13.0. The first-order valence-corrected chi connectivity index (χ1v) is 14.8. The Morgan fingerprint density at radius 2 is 1.63 bits per heavy atom. The Balaban J connectivity index is 1.62. The number of alkyl halides is 4. The molecule has 0 aromatic heterocycles. The molecule has 2 aromatic rings. The molecule has 1 N–H and O–H groups in total. The van der Waals surface area contributed by atoms with Crippen LogP contribution in [0.2, 0.25) is 0 Å². The molecule has 6 nitrogen and oxygen atoms in total. The van der Waals surface area contributed by atoms with Gasteiger partial charge in [-0.1, -0.05) is 40.2 Å². The van der Waals surface area contributed by atoms with Crippen molar-refractivity contribution in [2.24, 2.45) is 0 Å². The Hall–Kier alpha value is -1.87. The van der Waals surface area contributed by atoms with Crippen LogP contribution < -0.4 is 10.1 Å². The van der Waals surface area contributed by atoms with Crippen LogP contribution in [0.4, 0.5) is 13.2 Å². The minimum atomic E-state index is -4.75. The van der Waals surface area contributed by atoms with E-state index in [2.05, 4.69) is 26.0 Å². The predicted octanol–water partition coefficient (Wildman–Crippen LogP) is 7.63. The Morgan fingerprint density at radius 1 is 1.03 bits per heavy atom. The molecule has 0 bridgehead atoms. The van der Waals surface area contributed by atoms with E-state index in [1.54, 1.807) is 24.3 Å². The number of piperidine rings is 1. The van der Waals surface area contributed by atoms with Crippen LogP contribution in [0.1, 0.15) is 57.8 Å². The van der Waals surface area contributed by atoms with Crippen LogP contribution in [-0.4, -0.2) is 52.2 Å². The highest BCUT2D eigenvalue weighted by molar-refractivity contribution is 9.10. The molecule has 1 unspecified atom stereocenters. The van der Waals surface area contributed by atoms with Crippen molar-refractivity contribution in [3.8, 4) is 16.9 Å². The third-order valence-corrected chi connectivity index (χ3v) is 9.70. The standard InChI is InChI=1S/C27H35BrF3N2O4P/c1-25(2,3)38(35,36-18-26(4,5)28)33-15-13-22(14-16-33)32-24(34)21-8-6-7-20(17-21)19-9-11-23(12-10-19)37-27(29,30)31/h6-12,17,22H,13-16,18H2,1-5H3,(H,32,34). The maximum Gasteiger partial charge on any atom is 0.573 e. The number of amides is 1. The number of carbonyl (C=O) groups is 1. The van der Waals surface area contributed by atoms with Gasteiger partial charge < -0.3 is 14.6 Å². The smallest absolute Gasteiger partial charge is 0.406 e. The lowest BCUT2D eigenvalue weighted by Gasteiger charge is -2.43. The van der Waals surface area contributed by atoms with Crippen molar-refractivity contribution in [3.63, 3.8) is 0 Å². The quantitative estimate of drug-likeness (QED) is 0.243. The van der Waals surface area contributed by atoms with Crippen molar-refractivity contribution in [2.45, 2.75) is 69.3 Å². The molecule has 1 aliphatic heterocycles. The van der Waals surface area contributed by atoms with Gasteiger partial charge in [-0.05, 0) is 82.9 Å². The van der Waals surface area contributed by atoms with E-state index < -0.39 is 19.0 Å². The first kappa shape index (κ1) is 30.7. The minimum Gasteiger partial charge on any atom is -0.406 e. The van der Waals surface area contributed by atoms with Gasteiger partial charge in [0.2, 0.25) is 0 Å². The summed E-state index contributed by atoms with van der Waals surface area (Å²) in [6.45, 7) is 11.1. The predicted molar refractivity (Wildman–Crippen MR) is 147 cm³/mol. The van der Waals surface area contributed by atoms with E-state index in [-0.39, 0.29) is 22.0 Å². The fourth-order valence-corrected chi connectivity index (χ4v) is 7.12. The summed E-state index contributed by atoms with van der Waals surface area (Å²) in [6.07, 6.45) is -3.49. The third kappa shape index (κ3) is 8.31. The van der Waals surface area contributed by atoms with E-state index in [1.165, 1.54) is 24.3 Å². The zero-order valence-corrected chi connectivity index (χ0v) is 24.8. The number of halogens is 4. The number of nitrogens with one attached hydrogen (secondary N) is 1. The van der Waals surface area contributed by atoms with Crippen LogP contribution >= 0.6 is 23.4 Å². The molecule has 1 aliphatic rings. The molecular weight excluding hydrogens is 584 g/mol. The summed E-state index contributed by atoms with van der Waals surface area (Å²) < 4.78 is 62.8. The molecule has 11 heteroatoms. The third-order valence-electron chi connectivity index (χ3n) is 6.16. The largest absolute Gasteiger partial charge is 0.573 e. The molecule has 0 aliphatic carbocycles. The monoisotopic (exact) mass is 618 g/mol. The molecule has 2 aromatic carbocycles. The van der Waals surface area contributed by atoms with E-state index in [4.69, 9.17) is 4.52 Å². The number of hydrogen-bond acceptors (Lipinski definition) is 4. The van der Waals surface area contributed by atoms with E-state index in [9.17, 15) is 22.5 Å². The van der Waals surface area contributed by atoms with Crippen molar-refractivity contribution < 1.29 is 31.8 Å². The van der Waals surface area contributed by atoms with Crippen LogP contribution in [0, 0.1) is 0 Å². The Labute approximate surface area is 230 Å². The fourth-order valence-electron chi connectivity index (χ4n) is 4.17. The zero-order valence-electron chi connectivity index (χ0n) is 22.3. The van der Waals surface area contributed by atoms with Gasteiger partial charge in [-0.25, -0.2) is 4.67 Å². The average molecular weight is 619 g/mol. The lowest BCUT2D eigenvalue weighted by Crippen LogP contribution is -2.45. The number of hydrogen-bond donors (Lipinski definition) is 1. The van der Waals surface area contributed by atoms with Crippen LogP contribution in [-0.2, 0) is 9.09 Å². The van der Waals surface area contributed by atoms with Crippen molar-refractivity contribution in [1.82, 2.24) is 9.99 Å². The summed E-state index contributed by atoms with van der Waals surface area (Å²) in [7, 11) is -3.13. The van der Waals surface area contributed by atoms with Crippen LogP contribution in [0.15, 0.2) is 48.5 Å². The molecule has 1 atom stereocenters. The molecule has 0 radical (unpaired) electrons. The van der Waals surface area contributed by atoms with Gasteiger partial charge in [-0.15, -0.1) is 13.2 Å². The molecule has 0 spiro atoms. The summed E-state index contributed by atoms with van der Waals surface area (Å²) in [5.74, 6) is -0.544. The van der Waals surface area contributed by atoms with Crippen molar-refractivity contribution >= 4 is 29.4 Å². The minimum absolute atomic E-state index is 0.0813.